The summed E-state index contributed by atoms with van der Waals surface area (Å²) in [7, 11) is 0. The average molecular weight is 247 g/mol. The van der Waals surface area contributed by atoms with Gasteiger partial charge in [0.05, 0.1) is 5.71 Å². The molecule has 2 heteroatoms. The second kappa shape index (κ2) is 8.73. The molecule has 18 heavy (non-hydrogen) atoms. The molecule has 2 nitrogen and oxygen atoms in total. The predicted molar refractivity (Wildman–Crippen MR) is 77.5 cm³/mol. The van der Waals surface area contributed by atoms with Gasteiger partial charge in [-0.05, 0) is 30.9 Å². The van der Waals surface area contributed by atoms with Crippen LogP contribution < -0.4 is 0 Å². The number of rotatable bonds is 8. The molecule has 0 bridgehead atoms. The van der Waals surface area contributed by atoms with E-state index in [1.54, 1.807) is 0 Å². The summed E-state index contributed by atoms with van der Waals surface area (Å²) >= 11 is 0. The van der Waals surface area contributed by atoms with Gasteiger partial charge in [-0.3, -0.25) is 0 Å². The van der Waals surface area contributed by atoms with Crippen LogP contribution >= 0.6 is 0 Å². The largest absolute Gasteiger partial charge is 0.411 e. The van der Waals surface area contributed by atoms with Gasteiger partial charge in [0.25, 0.3) is 0 Å². The van der Waals surface area contributed by atoms with Crippen LogP contribution in [0.15, 0.2) is 29.4 Å². The van der Waals surface area contributed by atoms with Crippen LogP contribution in [0.2, 0.25) is 0 Å². The molecule has 100 valence electrons. The Hall–Kier alpha value is -1.31. The Kier molecular flexibility index (Phi) is 7.16. The Bertz CT molecular complexity index is 354. The van der Waals surface area contributed by atoms with E-state index in [4.69, 9.17) is 5.21 Å². The van der Waals surface area contributed by atoms with Crippen molar-refractivity contribution < 1.29 is 5.21 Å². The molecular weight excluding hydrogens is 222 g/mol. The maximum atomic E-state index is 8.69. The molecule has 0 aliphatic carbocycles. The topological polar surface area (TPSA) is 32.6 Å². The number of unbranched alkanes of at least 4 members (excludes halogenated alkanes) is 5. The second-order valence-corrected chi connectivity index (χ2v) is 4.90. The van der Waals surface area contributed by atoms with Crippen LogP contribution in [0.5, 0.6) is 0 Å². The Morgan fingerprint density at radius 1 is 1.00 bits per heavy atom. The lowest BCUT2D eigenvalue weighted by Crippen LogP contribution is -1.95. The van der Waals surface area contributed by atoms with Crippen molar-refractivity contribution in [3.05, 3.63) is 35.4 Å². The van der Waals surface area contributed by atoms with Crippen LogP contribution in [0.25, 0.3) is 0 Å². The van der Waals surface area contributed by atoms with Gasteiger partial charge in [0, 0.05) is 0 Å². The fourth-order valence-electron chi connectivity index (χ4n) is 2.08. The van der Waals surface area contributed by atoms with E-state index in [-0.39, 0.29) is 0 Å². The zero-order valence-electron chi connectivity index (χ0n) is 11.7. The third-order valence-corrected chi connectivity index (χ3v) is 3.34. The summed E-state index contributed by atoms with van der Waals surface area (Å²) in [6.45, 7) is 4.06. The van der Waals surface area contributed by atoms with Gasteiger partial charge in [-0.25, -0.2) is 0 Å². The minimum atomic E-state index is 0.668. The first-order valence-electron chi connectivity index (χ1n) is 7.06. The highest BCUT2D eigenvalue weighted by molar-refractivity contribution is 5.98. The molecule has 0 aromatic heterocycles. The quantitative estimate of drug-likeness (QED) is 0.305. The van der Waals surface area contributed by atoms with Gasteiger partial charge in [-0.15, -0.1) is 0 Å². The van der Waals surface area contributed by atoms with Crippen LogP contribution in [-0.4, -0.2) is 10.9 Å². The summed E-state index contributed by atoms with van der Waals surface area (Å²) in [5.74, 6) is 0. The number of aryl methyl sites for hydroxylation is 1. The maximum Gasteiger partial charge on any atom is 0.0836 e. The Morgan fingerprint density at radius 2 is 1.61 bits per heavy atom. The summed E-state index contributed by atoms with van der Waals surface area (Å²) in [5.41, 5.74) is 3.03. The van der Waals surface area contributed by atoms with Gasteiger partial charge in [-0.2, -0.15) is 0 Å². The van der Waals surface area contributed by atoms with Crippen molar-refractivity contribution in [2.24, 2.45) is 5.16 Å². The summed E-state index contributed by atoms with van der Waals surface area (Å²) in [6, 6.07) is 8.33. The van der Waals surface area contributed by atoms with Crippen LogP contribution in [0.1, 0.15) is 63.5 Å². The first kappa shape index (κ1) is 14.7. The maximum absolute atomic E-state index is 8.69. The van der Waals surface area contributed by atoms with Crippen molar-refractivity contribution in [3.63, 3.8) is 0 Å². The third-order valence-electron chi connectivity index (χ3n) is 3.34. The molecule has 0 atom stereocenters. The van der Waals surface area contributed by atoms with Crippen LogP contribution in [0.4, 0.5) is 0 Å². The lowest BCUT2D eigenvalue weighted by atomic mass is 10.0. The lowest BCUT2D eigenvalue weighted by molar-refractivity contribution is 0.319. The number of hydrogen-bond donors (Lipinski definition) is 1. The molecule has 0 aliphatic heterocycles. The first-order valence-corrected chi connectivity index (χ1v) is 7.06. The number of nitrogens with zero attached hydrogens (tertiary/aromatic N) is 1. The molecule has 0 heterocycles. The van der Waals surface area contributed by atoms with Crippen molar-refractivity contribution in [1.29, 1.82) is 0 Å². The first-order chi connectivity index (χ1) is 8.77. The molecule has 1 rings (SSSR count). The van der Waals surface area contributed by atoms with Crippen LogP contribution in [0.3, 0.4) is 0 Å². The summed E-state index contributed by atoms with van der Waals surface area (Å²) in [6.07, 6.45) is 9.18. The fourth-order valence-corrected chi connectivity index (χ4v) is 2.08. The van der Waals surface area contributed by atoms with E-state index >= 15 is 0 Å². The normalized spacial score (nSPS) is 11.8. The second-order valence-electron chi connectivity index (χ2n) is 4.90. The highest BCUT2D eigenvalue weighted by Gasteiger charge is 1.98. The predicted octanol–water partition coefficient (Wildman–Crippen LogP) is 4.79. The lowest BCUT2D eigenvalue weighted by Gasteiger charge is -2.04. The smallest absolute Gasteiger partial charge is 0.0836 e. The van der Waals surface area contributed by atoms with E-state index in [9.17, 15) is 0 Å². The van der Waals surface area contributed by atoms with Crippen molar-refractivity contribution in [3.8, 4) is 0 Å². The van der Waals surface area contributed by atoms with Crippen LogP contribution in [0, 0.1) is 0 Å². The van der Waals surface area contributed by atoms with Gasteiger partial charge in [0.15, 0.2) is 0 Å². The zero-order chi connectivity index (χ0) is 13.2. The zero-order valence-corrected chi connectivity index (χ0v) is 11.7. The minimum Gasteiger partial charge on any atom is -0.411 e. The molecule has 0 amide bonds. The van der Waals surface area contributed by atoms with Gasteiger partial charge < -0.3 is 5.21 Å². The summed E-state index contributed by atoms with van der Waals surface area (Å²) < 4.78 is 0. The monoisotopic (exact) mass is 247 g/mol. The molecule has 1 N–H and O–H groups in total. The number of oxime groups is 1. The molecule has 0 unspecified atom stereocenters. The van der Waals surface area contributed by atoms with Gasteiger partial charge in [0.1, 0.15) is 0 Å². The molecule has 0 spiro atoms. The number of hydrogen-bond acceptors (Lipinski definition) is 2. The highest BCUT2D eigenvalue weighted by Crippen LogP contribution is 2.11. The van der Waals surface area contributed by atoms with E-state index in [1.165, 1.54) is 44.1 Å². The van der Waals surface area contributed by atoms with Crippen molar-refractivity contribution in [1.82, 2.24) is 0 Å². The molecule has 1 aromatic carbocycles. The SMILES string of the molecule is CCCCCCCCc1ccc(/C(C)=N/O)cc1. The standard InChI is InChI=1S/C16H25NO/c1-3-4-5-6-7-8-9-15-10-12-16(13-11-15)14(2)17-18/h10-13,18H,3-9H2,1-2H3/b17-14+. The highest BCUT2D eigenvalue weighted by atomic mass is 16.4. The average Bonchev–Trinajstić information content (AvgIpc) is 2.42. The van der Waals surface area contributed by atoms with Gasteiger partial charge >= 0.3 is 0 Å². The molecule has 0 fully saturated rings. The number of benzene rings is 1. The Labute approximate surface area is 111 Å². The van der Waals surface area contributed by atoms with E-state index in [0.717, 1.165) is 12.0 Å². The molecule has 0 saturated carbocycles. The van der Waals surface area contributed by atoms with Crippen LogP contribution in [-0.2, 0) is 6.42 Å². The third kappa shape index (κ3) is 5.35. The van der Waals surface area contributed by atoms with E-state index in [2.05, 4.69) is 24.2 Å². The summed E-state index contributed by atoms with van der Waals surface area (Å²) in [4.78, 5) is 0. The fraction of sp³-hybridized carbons (Fsp3) is 0.562. The molecular formula is C16H25NO. The van der Waals surface area contributed by atoms with Gasteiger partial charge in [-0.1, -0.05) is 68.4 Å². The van der Waals surface area contributed by atoms with Crippen molar-refractivity contribution >= 4 is 5.71 Å². The molecule has 0 radical (unpaired) electrons. The Morgan fingerprint density at radius 3 is 2.22 bits per heavy atom. The van der Waals surface area contributed by atoms with Crippen molar-refractivity contribution in [2.75, 3.05) is 0 Å². The Balaban J connectivity index is 2.27. The minimum absolute atomic E-state index is 0.668. The van der Waals surface area contributed by atoms with Crippen molar-refractivity contribution in [2.45, 2.75) is 58.8 Å². The van der Waals surface area contributed by atoms with E-state index in [1.807, 2.05) is 19.1 Å². The molecule has 0 saturated heterocycles. The molecule has 1 aromatic rings. The van der Waals surface area contributed by atoms with E-state index in [0.29, 0.717) is 5.71 Å². The summed E-state index contributed by atoms with van der Waals surface area (Å²) in [5, 5.41) is 11.9. The van der Waals surface area contributed by atoms with E-state index < -0.39 is 0 Å². The van der Waals surface area contributed by atoms with Gasteiger partial charge in [0.2, 0.25) is 0 Å². The molecule has 0 aliphatic rings.